The normalized spacial score (nSPS) is 10.9. The Balaban J connectivity index is 2.05. The number of rotatable bonds is 5. The minimum atomic E-state index is -0.304. The molecule has 2 aromatic heterocycles. The van der Waals surface area contributed by atoms with Gasteiger partial charge < -0.3 is 9.84 Å². The van der Waals surface area contributed by atoms with Gasteiger partial charge in [-0.2, -0.15) is 10.1 Å². The van der Waals surface area contributed by atoms with Gasteiger partial charge >= 0.3 is 0 Å². The van der Waals surface area contributed by atoms with Crippen LogP contribution in [0.15, 0.2) is 21.9 Å². The highest BCUT2D eigenvalue weighted by atomic mass is 35.5. The maximum atomic E-state index is 11.9. The first-order chi connectivity index (χ1) is 9.09. The maximum Gasteiger partial charge on any atom is 0.287 e. The summed E-state index contributed by atoms with van der Waals surface area (Å²) in [6.07, 6.45) is 3.38. The molecule has 0 fully saturated rings. The van der Waals surface area contributed by atoms with Crippen molar-refractivity contribution in [3.8, 4) is 0 Å². The van der Waals surface area contributed by atoms with Gasteiger partial charge in [0.05, 0.1) is 17.9 Å². The molecular weight excluding hydrogens is 270 g/mol. The van der Waals surface area contributed by atoms with E-state index in [0.29, 0.717) is 24.5 Å². The number of aromatic nitrogens is 4. The summed E-state index contributed by atoms with van der Waals surface area (Å²) in [6, 6.07) is -0.0293. The van der Waals surface area contributed by atoms with Gasteiger partial charge in [0.2, 0.25) is 6.39 Å². The molecular formula is C11H14ClN5O2. The van der Waals surface area contributed by atoms with E-state index >= 15 is 0 Å². The van der Waals surface area contributed by atoms with E-state index in [2.05, 4.69) is 25.1 Å². The quantitative estimate of drug-likeness (QED) is 0.895. The van der Waals surface area contributed by atoms with Gasteiger partial charge in [-0.3, -0.25) is 4.79 Å². The average molecular weight is 284 g/mol. The average Bonchev–Trinajstić information content (AvgIpc) is 2.87. The van der Waals surface area contributed by atoms with Crippen molar-refractivity contribution < 1.29 is 4.52 Å². The summed E-state index contributed by atoms with van der Waals surface area (Å²) in [6.45, 7) is 4.27. The number of hydrogen-bond donors (Lipinski definition) is 1. The molecule has 0 bridgehead atoms. The van der Waals surface area contributed by atoms with Crippen LogP contribution in [0, 0.1) is 0 Å². The smallest absolute Gasteiger partial charge is 0.287 e. The van der Waals surface area contributed by atoms with Gasteiger partial charge in [-0.15, -0.1) is 0 Å². The van der Waals surface area contributed by atoms with Crippen LogP contribution < -0.4 is 10.9 Å². The van der Waals surface area contributed by atoms with Crippen molar-refractivity contribution in [3.05, 3.63) is 33.8 Å². The van der Waals surface area contributed by atoms with E-state index in [1.807, 2.05) is 13.8 Å². The highest BCUT2D eigenvalue weighted by molar-refractivity contribution is 6.32. The number of halogens is 1. The number of anilines is 1. The largest absolute Gasteiger partial charge is 0.382 e. The molecule has 0 atom stereocenters. The molecule has 0 aromatic carbocycles. The molecule has 0 aliphatic carbocycles. The molecule has 0 radical (unpaired) electrons. The monoisotopic (exact) mass is 283 g/mol. The first-order valence-electron chi connectivity index (χ1n) is 5.86. The van der Waals surface area contributed by atoms with Crippen molar-refractivity contribution >= 4 is 17.3 Å². The molecule has 0 saturated carbocycles. The van der Waals surface area contributed by atoms with Crippen molar-refractivity contribution in [2.75, 3.05) is 11.9 Å². The minimum absolute atomic E-state index is 0.0293. The van der Waals surface area contributed by atoms with E-state index in [4.69, 9.17) is 11.6 Å². The lowest BCUT2D eigenvalue weighted by molar-refractivity contribution is 0.410. The van der Waals surface area contributed by atoms with Crippen molar-refractivity contribution in [2.45, 2.75) is 26.3 Å². The second-order valence-corrected chi connectivity index (χ2v) is 4.62. The lowest BCUT2D eigenvalue weighted by Gasteiger charge is -2.11. The third-order valence-corrected chi connectivity index (χ3v) is 2.87. The first kappa shape index (κ1) is 13.5. The lowest BCUT2D eigenvalue weighted by Crippen LogP contribution is -2.26. The Morgan fingerprint density at radius 2 is 2.32 bits per heavy atom. The Morgan fingerprint density at radius 1 is 1.53 bits per heavy atom. The van der Waals surface area contributed by atoms with Crippen LogP contribution in [-0.4, -0.2) is 26.5 Å². The van der Waals surface area contributed by atoms with Gasteiger partial charge in [0.15, 0.2) is 5.82 Å². The summed E-state index contributed by atoms with van der Waals surface area (Å²) in [5, 5.41) is 10.9. The molecule has 8 heteroatoms. The second-order valence-electron chi connectivity index (χ2n) is 4.24. The lowest BCUT2D eigenvalue weighted by atomic mass is 10.3. The van der Waals surface area contributed by atoms with Crippen LogP contribution in [0.25, 0.3) is 0 Å². The van der Waals surface area contributed by atoms with Gasteiger partial charge in [0.1, 0.15) is 5.02 Å². The Morgan fingerprint density at radius 3 is 2.95 bits per heavy atom. The molecule has 0 amide bonds. The van der Waals surface area contributed by atoms with Crippen LogP contribution in [0.3, 0.4) is 0 Å². The minimum Gasteiger partial charge on any atom is -0.382 e. The summed E-state index contributed by atoms with van der Waals surface area (Å²) in [5.41, 5.74) is 0.202. The van der Waals surface area contributed by atoms with Crippen LogP contribution in [0.5, 0.6) is 0 Å². The molecule has 2 aromatic rings. The van der Waals surface area contributed by atoms with Crippen LogP contribution in [0.1, 0.15) is 25.7 Å². The predicted molar refractivity (Wildman–Crippen MR) is 70.4 cm³/mol. The molecule has 0 spiro atoms. The topological polar surface area (TPSA) is 85.8 Å². The summed E-state index contributed by atoms with van der Waals surface area (Å²) < 4.78 is 5.96. The van der Waals surface area contributed by atoms with Crippen molar-refractivity contribution in [3.63, 3.8) is 0 Å². The third kappa shape index (κ3) is 3.11. The van der Waals surface area contributed by atoms with Gasteiger partial charge in [-0.05, 0) is 13.8 Å². The molecule has 0 aliphatic rings. The summed E-state index contributed by atoms with van der Waals surface area (Å²) in [7, 11) is 0. The summed E-state index contributed by atoms with van der Waals surface area (Å²) in [5.74, 6) is 0.590. The third-order valence-electron chi connectivity index (χ3n) is 2.50. The number of hydrogen-bond acceptors (Lipinski definition) is 6. The van der Waals surface area contributed by atoms with Crippen molar-refractivity contribution in [2.24, 2.45) is 0 Å². The Bertz CT molecular complexity index is 594. The summed E-state index contributed by atoms with van der Waals surface area (Å²) >= 11 is 6.02. The molecule has 0 unspecified atom stereocenters. The Hall–Kier alpha value is -1.89. The van der Waals surface area contributed by atoms with Gasteiger partial charge in [0, 0.05) is 13.0 Å². The Kier molecular flexibility index (Phi) is 4.16. The highest BCUT2D eigenvalue weighted by Gasteiger charge is 2.11. The zero-order valence-corrected chi connectivity index (χ0v) is 11.4. The van der Waals surface area contributed by atoms with E-state index in [-0.39, 0.29) is 16.6 Å². The fraction of sp³-hybridized carbons (Fsp3) is 0.455. The van der Waals surface area contributed by atoms with E-state index < -0.39 is 0 Å². The van der Waals surface area contributed by atoms with E-state index in [0.717, 1.165) is 0 Å². The maximum absolute atomic E-state index is 11.9. The molecule has 2 rings (SSSR count). The molecule has 0 saturated heterocycles. The van der Waals surface area contributed by atoms with Crippen LogP contribution in [0.2, 0.25) is 5.02 Å². The molecule has 2 heterocycles. The standard InChI is InChI=1S/C11H14ClN5O2/c1-7(2)17-11(18)10(12)8(5-15-17)13-4-3-9-14-6-19-16-9/h5-7,13H,3-4H2,1-2H3. The second kappa shape index (κ2) is 5.83. The fourth-order valence-electron chi connectivity index (χ4n) is 1.55. The van der Waals surface area contributed by atoms with E-state index in [1.54, 1.807) is 6.20 Å². The van der Waals surface area contributed by atoms with E-state index in [1.165, 1.54) is 11.1 Å². The van der Waals surface area contributed by atoms with Gasteiger partial charge in [-0.25, -0.2) is 4.68 Å². The zero-order chi connectivity index (χ0) is 13.8. The molecule has 19 heavy (non-hydrogen) atoms. The molecule has 102 valence electrons. The van der Waals surface area contributed by atoms with Gasteiger partial charge in [0.25, 0.3) is 5.56 Å². The van der Waals surface area contributed by atoms with Crippen LogP contribution in [0.4, 0.5) is 5.69 Å². The SMILES string of the molecule is CC(C)n1ncc(NCCc2ncon2)c(Cl)c1=O. The Labute approximate surface area is 114 Å². The fourth-order valence-corrected chi connectivity index (χ4v) is 1.75. The number of nitrogens with zero attached hydrogens (tertiary/aromatic N) is 4. The summed E-state index contributed by atoms with van der Waals surface area (Å²) in [4.78, 5) is 15.8. The molecule has 1 N–H and O–H groups in total. The van der Waals surface area contributed by atoms with Crippen LogP contribution >= 0.6 is 11.6 Å². The first-order valence-corrected chi connectivity index (χ1v) is 6.24. The zero-order valence-electron chi connectivity index (χ0n) is 10.6. The van der Waals surface area contributed by atoms with Crippen molar-refractivity contribution in [1.29, 1.82) is 0 Å². The molecule has 7 nitrogen and oxygen atoms in total. The van der Waals surface area contributed by atoms with E-state index in [9.17, 15) is 4.79 Å². The van der Waals surface area contributed by atoms with Crippen molar-refractivity contribution in [1.82, 2.24) is 19.9 Å². The molecule has 0 aliphatic heterocycles. The highest BCUT2D eigenvalue weighted by Crippen LogP contribution is 2.16. The van der Waals surface area contributed by atoms with Crippen LogP contribution in [-0.2, 0) is 6.42 Å². The van der Waals surface area contributed by atoms with Gasteiger partial charge in [-0.1, -0.05) is 16.8 Å². The predicted octanol–water partition coefficient (Wildman–Crippen LogP) is 1.52. The number of nitrogens with one attached hydrogen (secondary N) is 1.